The van der Waals surface area contributed by atoms with Gasteiger partial charge in [0.2, 0.25) is 5.91 Å². The maximum atomic E-state index is 12.9. The fraction of sp³-hybridized carbons (Fsp3) is 0.533. The summed E-state index contributed by atoms with van der Waals surface area (Å²) in [7, 11) is 0. The molecule has 0 bridgehead atoms. The van der Waals surface area contributed by atoms with Crippen LogP contribution in [0, 0.1) is 0 Å². The molecule has 1 aliphatic heterocycles. The van der Waals surface area contributed by atoms with Crippen molar-refractivity contribution in [3.8, 4) is 0 Å². The van der Waals surface area contributed by atoms with E-state index in [0.717, 1.165) is 6.07 Å². The first-order valence-corrected chi connectivity index (χ1v) is 7.05. The van der Waals surface area contributed by atoms with E-state index in [-0.39, 0.29) is 25.1 Å². The van der Waals surface area contributed by atoms with Crippen LogP contribution in [-0.4, -0.2) is 47.8 Å². The topological polar surface area (TPSA) is 49.8 Å². The molecular formula is C15H18F3NO3. The zero-order valence-electron chi connectivity index (χ0n) is 12.1. The summed E-state index contributed by atoms with van der Waals surface area (Å²) in [6.45, 7) is 2.46. The summed E-state index contributed by atoms with van der Waals surface area (Å²) < 4.78 is 44.0. The van der Waals surface area contributed by atoms with Crippen molar-refractivity contribution < 1.29 is 27.8 Å². The fourth-order valence-electron chi connectivity index (χ4n) is 2.56. The number of rotatable bonds is 4. The fourth-order valence-corrected chi connectivity index (χ4v) is 2.56. The average Bonchev–Trinajstić information content (AvgIpc) is 2.80. The minimum atomic E-state index is -4.49. The van der Waals surface area contributed by atoms with Crippen molar-refractivity contribution >= 4 is 5.91 Å². The molecule has 0 aliphatic carbocycles. The lowest BCUT2D eigenvalue weighted by molar-refractivity contribution is -0.138. The second-order valence-corrected chi connectivity index (χ2v) is 5.19. The number of nitrogens with zero attached hydrogens (tertiary/aromatic N) is 1. The van der Waals surface area contributed by atoms with E-state index in [9.17, 15) is 23.1 Å². The monoisotopic (exact) mass is 317 g/mol. The van der Waals surface area contributed by atoms with Gasteiger partial charge in [-0.2, -0.15) is 13.2 Å². The molecule has 1 aliphatic rings. The molecular weight excluding hydrogens is 299 g/mol. The van der Waals surface area contributed by atoms with Gasteiger partial charge in [-0.1, -0.05) is 18.2 Å². The van der Waals surface area contributed by atoms with Crippen LogP contribution in [0.15, 0.2) is 24.3 Å². The molecule has 1 aromatic rings. The molecule has 1 saturated heterocycles. The van der Waals surface area contributed by atoms with Crippen LogP contribution in [0.2, 0.25) is 0 Å². The van der Waals surface area contributed by atoms with Gasteiger partial charge in [0.15, 0.2) is 0 Å². The third-order valence-electron chi connectivity index (χ3n) is 3.63. The Morgan fingerprint density at radius 1 is 1.36 bits per heavy atom. The Kier molecular flexibility index (Phi) is 5.08. The number of ether oxygens (including phenoxy) is 1. The number of carbonyl (C=O) groups excluding carboxylic acids is 1. The largest absolute Gasteiger partial charge is 0.416 e. The van der Waals surface area contributed by atoms with Gasteiger partial charge in [0.25, 0.3) is 0 Å². The summed E-state index contributed by atoms with van der Waals surface area (Å²) in [6, 6.07) is 5.03. The maximum Gasteiger partial charge on any atom is 0.416 e. The molecule has 7 heteroatoms. The van der Waals surface area contributed by atoms with Crippen molar-refractivity contribution in [3.05, 3.63) is 35.4 Å². The highest BCUT2D eigenvalue weighted by molar-refractivity contribution is 5.79. The quantitative estimate of drug-likeness (QED) is 0.922. The van der Waals surface area contributed by atoms with E-state index >= 15 is 0 Å². The lowest BCUT2D eigenvalue weighted by Crippen LogP contribution is -2.32. The smallest absolute Gasteiger partial charge is 0.388 e. The number of alkyl halides is 3. The van der Waals surface area contributed by atoms with Crippen LogP contribution in [0.5, 0.6) is 0 Å². The molecule has 0 aromatic heterocycles. The molecule has 4 nitrogen and oxygen atoms in total. The second kappa shape index (κ2) is 6.66. The van der Waals surface area contributed by atoms with E-state index in [0.29, 0.717) is 6.61 Å². The van der Waals surface area contributed by atoms with Gasteiger partial charge < -0.3 is 14.7 Å². The van der Waals surface area contributed by atoms with Gasteiger partial charge in [0.1, 0.15) is 6.10 Å². The van der Waals surface area contributed by atoms with E-state index < -0.39 is 29.9 Å². The lowest BCUT2D eigenvalue weighted by Gasteiger charge is -2.18. The van der Waals surface area contributed by atoms with Gasteiger partial charge in [0, 0.05) is 19.7 Å². The molecule has 2 rings (SSSR count). The van der Waals surface area contributed by atoms with Gasteiger partial charge in [-0.15, -0.1) is 0 Å². The summed E-state index contributed by atoms with van der Waals surface area (Å²) >= 11 is 0. The molecule has 1 fully saturated rings. The first-order valence-electron chi connectivity index (χ1n) is 7.05. The van der Waals surface area contributed by atoms with E-state index in [2.05, 4.69) is 0 Å². The van der Waals surface area contributed by atoms with Gasteiger partial charge in [-0.05, 0) is 18.6 Å². The van der Waals surface area contributed by atoms with Gasteiger partial charge >= 0.3 is 6.18 Å². The molecule has 1 amide bonds. The Morgan fingerprint density at radius 3 is 2.68 bits per heavy atom. The third-order valence-corrected chi connectivity index (χ3v) is 3.63. The summed E-state index contributed by atoms with van der Waals surface area (Å²) in [6.07, 6.45) is -6.12. The molecule has 0 spiro atoms. The summed E-state index contributed by atoms with van der Waals surface area (Å²) in [4.78, 5) is 13.5. The second-order valence-electron chi connectivity index (χ2n) is 5.19. The van der Waals surface area contributed by atoms with Crippen molar-refractivity contribution in [1.29, 1.82) is 0 Å². The number of halogens is 3. The Hall–Kier alpha value is -1.60. The number of aliphatic hydroxyl groups excluding tert-OH is 1. The highest BCUT2D eigenvalue weighted by Gasteiger charge is 2.36. The maximum absolute atomic E-state index is 12.9. The van der Waals surface area contributed by atoms with Crippen LogP contribution in [0.3, 0.4) is 0 Å². The minimum Gasteiger partial charge on any atom is -0.388 e. The molecule has 1 aromatic carbocycles. The standard InChI is InChI=1S/C15H18F3NO3/c1-2-22-13-9-19(8-12(13)20)14(21)7-10-5-3-4-6-11(10)15(16,17)18/h3-6,12-13,20H,2,7-9H2,1H3/t12-,13-/m1/s1. The Bertz CT molecular complexity index is 533. The van der Waals surface area contributed by atoms with E-state index in [1.807, 2.05) is 0 Å². The molecule has 0 radical (unpaired) electrons. The Balaban J connectivity index is 2.08. The summed E-state index contributed by atoms with van der Waals surface area (Å²) in [5.41, 5.74) is -0.862. The van der Waals surface area contributed by atoms with E-state index in [1.54, 1.807) is 6.92 Å². The van der Waals surface area contributed by atoms with Crippen LogP contribution in [0.1, 0.15) is 18.1 Å². The van der Waals surface area contributed by atoms with E-state index in [4.69, 9.17) is 4.74 Å². The number of aliphatic hydroxyl groups is 1. The molecule has 0 saturated carbocycles. The number of carbonyl (C=O) groups is 1. The predicted molar refractivity (Wildman–Crippen MR) is 73.1 cm³/mol. The Labute approximate surface area is 126 Å². The van der Waals surface area contributed by atoms with Gasteiger partial charge in [-0.3, -0.25) is 4.79 Å². The number of likely N-dealkylation sites (tertiary alicyclic amines) is 1. The summed E-state index contributed by atoms with van der Waals surface area (Å²) in [5.74, 6) is -0.446. The number of amides is 1. The number of benzene rings is 1. The average molecular weight is 317 g/mol. The van der Waals surface area contributed by atoms with Gasteiger partial charge in [0.05, 0.1) is 18.1 Å². The van der Waals surface area contributed by atoms with Crippen molar-refractivity contribution in [1.82, 2.24) is 4.90 Å². The first-order chi connectivity index (χ1) is 10.3. The van der Waals surface area contributed by atoms with Crippen LogP contribution >= 0.6 is 0 Å². The zero-order valence-corrected chi connectivity index (χ0v) is 12.1. The normalized spacial score (nSPS) is 22.1. The molecule has 0 unspecified atom stereocenters. The highest BCUT2D eigenvalue weighted by Crippen LogP contribution is 2.32. The highest BCUT2D eigenvalue weighted by atomic mass is 19.4. The molecule has 2 atom stereocenters. The van der Waals surface area contributed by atoms with Crippen LogP contribution in [0.25, 0.3) is 0 Å². The number of hydrogen-bond acceptors (Lipinski definition) is 3. The van der Waals surface area contributed by atoms with Crippen molar-refractivity contribution in [2.24, 2.45) is 0 Å². The van der Waals surface area contributed by atoms with Crippen LogP contribution in [-0.2, 0) is 22.1 Å². The van der Waals surface area contributed by atoms with Crippen molar-refractivity contribution in [2.75, 3.05) is 19.7 Å². The molecule has 122 valence electrons. The van der Waals surface area contributed by atoms with Crippen molar-refractivity contribution in [2.45, 2.75) is 31.7 Å². The Morgan fingerprint density at radius 2 is 2.05 bits per heavy atom. The lowest BCUT2D eigenvalue weighted by atomic mass is 10.0. The minimum absolute atomic E-state index is 0.0608. The van der Waals surface area contributed by atoms with E-state index in [1.165, 1.54) is 23.1 Å². The van der Waals surface area contributed by atoms with Gasteiger partial charge in [-0.25, -0.2) is 0 Å². The number of β-amino-alcohol motifs (C(OH)–C–C–N with tert-alkyl or cyclic N) is 1. The summed E-state index contributed by atoms with van der Waals surface area (Å²) in [5, 5.41) is 9.79. The predicted octanol–water partition coefficient (Wildman–Crippen LogP) is 1.86. The first kappa shape index (κ1) is 16.8. The van der Waals surface area contributed by atoms with Crippen LogP contribution < -0.4 is 0 Å². The van der Waals surface area contributed by atoms with Crippen molar-refractivity contribution in [3.63, 3.8) is 0 Å². The third kappa shape index (κ3) is 3.78. The molecule has 1 heterocycles. The van der Waals surface area contributed by atoms with Crippen LogP contribution in [0.4, 0.5) is 13.2 Å². The molecule has 22 heavy (non-hydrogen) atoms. The molecule has 1 N–H and O–H groups in total. The zero-order chi connectivity index (χ0) is 16.3. The SMILES string of the molecule is CCO[C@@H]1CN(C(=O)Cc2ccccc2C(F)(F)F)C[C@H]1O. The number of hydrogen-bond donors (Lipinski definition) is 1.